The Morgan fingerprint density at radius 3 is 2.67 bits per heavy atom. The number of piperazine rings is 1. The molecular weight excluding hydrogens is 212 g/mol. The van der Waals surface area contributed by atoms with Gasteiger partial charge in [-0.2, -0.15) is 5.10 Å². The lowest BCUT2D eigenvalue weighted by Gasteiger charge is -2.34. The first kappa shape index (κ1) is 10.6. The fourth-order valence-corrected chi connectivity index (χ4v) is 2.02. The van der Waals surface area contributed by atoms with E-state index in [0.29, 0.717) is 5.88 Å². The maximum Gasteiger partial charge on any atom is 0.151 e. The van der Waals surface area contributed by atoms with Gasteiger partial charge in [-0.05, 0) is 12.1 Å². The van der Waals surface area contributed by atoms with Crippen LogP contribution in [0.15, 0.2) is 18.3 Å². The van der Waals surface area contributed by atoms with Crippen molar-refractivity contribution in [2.24, 2.45) is 0 Å². The Balaban J connectivity index is 1.88. The van der Waals surface area contributed by atoms with Gasteiger partial charge in [-0.25, -0.2) is 0 Å². The zero-order valence-corrected chi connectivity index (χ0v) is 9.40. The van der Waals surface area contributed by atoms with E-state index in [4.69, 9.17) is 11.6 Å². The van der Waals surface area contributed by atoms with Crippen molar-refractivity contribution in [3.8, 4) is 0 Å². The fourth-order valence-electron chi connectivity index (χ4n) is 1.78. The normalized spacial score (nSPS) is 18.1. The predicted molar refractivity (Wildman–Crippen MR) is 61.4 cm³/mol. The smallest absolute Gasteiger partial charge is 0.151 e. The van der Waals surface area contributed by atoms with Crippen LogP contribution in [0, 0.1) is 0 Å². The second kappa shape index (κ2) is 5.28. The summed E-state index contributed by atoms with van der Waals surface area (Å²) in [4.78, 5) is 4.64. The molecule has 0 unspecified atom stereocenters. The summed E-state index contributed by atoms with van der Waals surface area (Å²) >= 11 is 5.71. The van der Waals surface area contributed by atoms with E-state index in [1.165, 1.54) is 0 Å². The van der Waals surface area contributed by atoms with Gasteiger partial charge in [0.25, 0.3) is 0 Å². The van der Waals surface area contributed by atoms with Crippen molar-refractivity contribution in [1.82, 2.24) is 15.1 Å². The molecule has 5 heteroatoms. The number of nitrogens with zero attached hydrogens (tertiary/aromatic N) is 4. The van der Waals surface area contributed by atoms with Gasteiger partial charge in [-0.1, -0.05) is 0 Å². The van der Waals surface area contributed by atoms with Gasteiger partial charge in [0.2, 0.25) is 0 Å². The summed E-state index contributed by atoms with van der Waals surface area (Å²) in [7, 11) is 0. The molecule has 1 saturated heterocycles. The Morgan fingerprint density at radius 1 is 1.27 bits per heavy atom. The zero-order chi connectivity index (χ0) is 10.5. The lowest BCUT2D eigenvalue weighted by molar-refractivity contribution is 0.272. The first-order valence-corrected chi connectivity index (χ1v) is 5.74. The van der Waals surface area contributed by atoms with Crippen molar-refractivity contribution in [2.75, 3.05) is 43.5 Å². The molecule has 2 heterocycles. The van der Waals surface area contributed by atoms with Gasteiger partial charge in [0, 0.05) is 44.8 Å². The number of rotatable bonds is 3. The van der Waals surface area contributed by atoms with Crippen molar-refractivity contribution in [3.05, 3.63) is 18.3 Å². The molecule has 1 aliphatic rings. The van der Waals surface area contributed by atoms with Crippen LogP contribution in [0.1, 0.15) is 0 Å². The molecular formula is C10H15ClN4. The van der Waals surface area contributed by atoms with Gasteiger partial charge in [0.05, 0.1) is 0 Å². The highest BCUT2D eigenvalue weighted by Crippen LogP contribution is 2.11. The van der Waals surface area contributed by atoms with Crippen LogP contribution in [0.25, 0.3) is 0 Å². The first-order chi connectivity index (χ1) is 7.40. The Bertz CT molecular complexity index is 285. The topological polar surface area (TPSA) is 32.3 Å². The quantitative estimate of drug-likeness (QED) is 0.715. The molecule has 15 heavy (non-hydrogen) atoms. The summed E-state index contributed by atoms with van der Waals surface area (Å²) in [5, 5.41) is 7.99. The third kappa shape index (κ3) is 2.79. The van der Waals surface area contributed by atoms with Gasteiger partial charge in [0.1, 0.15) is 0 Å². The lowest BCUT2D eigenvalue weighted by Crippen LogP contribution is -2.47. The Hall–Kier alpha value is -0.870. The molecule has 82 valence electrons. The van der Waals surface area contributed by atoms with E-state index in [1.54, 1.807) is 6.20 Å². The monoisotopic (exact) mass is 226 g/mol. The first-order valence-electron chi connectivity index (χ1n) is 5.21. The molecule has 2 rings (SSSR count). The fraction of sp³-hybridized carbons (Fsp3) is 0.600. The lowest BCUT2D eigenvalue weighted by atomic mass is 10.3. The summed E-state index contributed by atoms with van der Waals surface area (Å²) in [6.07, 6.45) is 1.70. The maximum absolute atomic E-state index is 5.71. The van der Waals surface area contributed by atoms with E-state index < -0.39 is 0 Å². The molecule has 0 aliphatic carbocycles. The molecule has 1 aromatic heterocycles. The molecule has 4 nitrogen and oxygen atoms in total. The highest BCUT2D eigenvalue weighted by atomic mass is 35.5. The summed E-state index contributed by atoms with van der Waals surface area (Å²) in [6, 6.07) is 3.93. The van der Waals surface area contributed by atoms with Crippen LogP contribution in [0.2, 0.25) is 0 Å². The molecule has 1 aromatic rings. The van der Waals surface area contributed by atoms with Crippen LogP contribution in [-0.2, 0) is 0 Å². The predicted octanol–water partition coefficient (Wildman–Crippen LogP) is 0.837. The molecule has 1 aliphatic heterocycles. The second-order valence-electron chi connectivity index (χ2n) is 3.60. The highest BCUT2D eigenvalue weighted by molar-refractivity contribution is 6.18. The third-order valence-electron chi connectivity index (χ3n) is 2.66. The molecule has 1 fully saturated rings. The van der Waals surface area contributed by atoms with Crippen molar-refractivity contribution in [2.45, 2.75) is 0 Å². The van der Waals surface area contributed by atoms with Gasteiger partial charge in [-0.15, -0.1) is 16.7 Å². The minimum Gasteiger partial charge on any atom is -0.353 e. The number of halogens is 1. The molecule has 0 amide bonds. The Morgan fingerprint density at radius 2 is 2.07 bits per heavy atom. The second-order valence-corrected chi connectivity index (χ2v) is 3.98. The molecule has 0 radical (unpaired) electrons. The summed E-state index contributed by atoms with van der Waals surface area (Å²) in [5.74, 6) is 1.69. The van der Waals surface area contributed by atoms with Crippen LogP contribution in [0.3, 0.4) is 0 Å². The number of hydrogen-bond donors (Lipinski definition) is 0. The maximum atomic E-state index is 5.71. The van der Waals surface area contributed by atoms with E-state index >= 15 is 0 Å². The van der Waals surface area contributed by atoms with Crippen LogP contribution < -0.4 is 4.90 Å². The van der Waals surface area contributed by atoms with Crippen molar-refractivity contribution < 1.29 is 0 Å². The average Bonchev–Trinajstić information content (AvgIpc) is 2.32. The van der Waals surface area contributed by atoms with E-state index in [-0.39, 0.29) is 0 Å². The van der Waals surface area contributed by atoms with E-state index in [2.05, 4.69) is 20.0 Å². The van der Waals surface area contributed by atoms with Gasteiger partial charge in [0.15, 0.2) is 5.82 Å². The molecule has 0 bridgehead atoms. The Kier molecular flexibility index (Phi) is 3.75. The molecule has 0 N–H and O–H groups in total. The van der Waals surface area contributed by atoms with Crippen molar-refractivity contribution in [3.63, 3.8) is 0 Å². The number of hydrogen-bond acceptors (Lipinski definition) is 4. The van der Waals surface area contributed by atoms with Crippen LogP contribution in [0.4, 0.5) is 5.82 Å². The largest absolute Gasteiger partial charge is 0.353 e. The molecule has 0 saturated carbocycles. The molecule has 0 aromatic carbocycles. The van der Waals surface area contributed by atoms with Crippen molar-refractivity contribution >= 4 is 17.4 Å². The van der Waals surface area contributed by atoms with Crippen LogP contribution in [-0.4, -0.2) is 53.7 Å². The molecule has 0 atom stereocenters. The summed E-state index contributed by atoms with van der Waals surface area (Å²) < 4.78 is 0. The number of alkyl halides is 1. The van der Waals surface area contributed by atoms with E-state index in [9.17, 15) is 0 Å². The van der Waals surface area contributed by atoms with Crippen molar-refractivity contribution in [1.29, 1.82) is 0 Å². The van der Waals surface area contributed by atoms with E-state index in [0.717, 1.165) is 38.5 Å². The minimum atomic E-state index is 0.713. The minimum absolute atomic E-state index is 0.713. The van der Waals surface area contributed by atoms with Crippen LogP contribution in [0.5, 0.6) is 0 Å². The summed E-state index contributed by atoms with van der Waals surface area (Å²) in [5.41, 5.74) is 0. The number of anilines is 1. The zero-order valence-electron chi connectivity index (χ0n) is 8.64. The van der Waals surface area contributed by atoms with Gasteiger partial charge >= 0.3 is 0 Å². The summed E-state index contributed by atoms with van der Waals surface area (Å²) in [6.45, 7) is 5.12. The number of aromatic nitrogens is 2. The SMILES string of the molecule is ClCCN1CCN(c2cccnn2)CC1. The standard InChI is InChI=1S/C10H15ClN4/c11-3-5-14-6-8-15(9-7-14)10-2-1-4-12-13-10/h1-2,4H,3,5-9H2. The Labute approximate surface area is 94.8 Å². The average molecular weight is 227 g/mol. The highest BCUT2D eigenvalue weighted by Gasteiger charge is 2.17. The third-order valence-corrected chi connectivity index (χ3v) is 2.82. The van der Waals surface area contributed by atoms with Gasteiger partial charge < -0.3 is 4.90 Å². The van der Waals surface area contributed by atoms with E-state index in [1.807, 2.05) is 12.1 Å². The van der Waals surface area contributed by atoms with Gasteiger partial charge in [-0.3, -0.25) is 4.90 Å². The molecule has 0 spiro atoms. The van der Waals surface area contributed by atoms with Crippen LogP contribution >= 0.6 is 11.6 Å².